The quantitative estimate of drug-likeness (QED) is 0.212. The van der Waals surface area contributed by atoms with Gasteiger partial charge in [-0.25, -0.2) is 9.78 Å². The first kappa shape index (κ1) is 34.0. The molecule has 11 nitrogen and oxygen atoms in total. The fraction of sp³-hybridized carbons (Fsp3) is 0.613. The lowest BCUT2D eigenvalue weighted by Crippen LogP contribution is -2.41. The van der Waals surface area contributed by atoms with Gasteiger partial charge in [0.2, 0.25) is 5.95 Å². The van der Waals surface area contributed by atoms with Gasteiger partial charge >= 0.3 is 6.09 Å². The first-order valence-electron chi connectivity index (χ1n) is 15.8. The number of piperidine rings is 1. The molecule has 0 unspecified atom stereocenters. The Bertz CT molecular complexity index is 1350. The first-order valence-corrected chi connectivity index (χ1v) is 15.8. The predicted octanol–water partition coefficient (Wildman–Crippen LogP) is 6.63. The van der Waals surface area contributed by atoms with Crippen molar-refractivity contribution in [3.05, 3.63) is 36.2 Å². The molecule has 2 aliphatic carbocycles. The molecule has 0 spiro atoms. The van der Waals surface area contributed by atoms with Crippen LogP contribution in [0.3, 0.4) is 0 Å². The standard InChI is InChI=1S/C31H45N9O2.2ClH/c1-20(2)21-7-11-24(12-8-21)36-31(41)42-39-17-15-25(16-18-39)34-28-27-29(40(19-33-27)26-5-3-4-6-26)38-30(37-28)35-23-13-9-22(32)10-14-23;;/h7-8,11-12,19-20,22-23,25-26H,3-6,9-10,13-18,32H2,1-2H3,(H,36,41)(H2,34,35,37,38);2*1H. The molecule has 0 radical (unpaired) electrons. The number of hydrogen-bond donors (Lipinski definition) is 4. The molecule has 1 aliphatic heterocycles. The molecule has 13 heteroatoms. The minimum atomic E-state index is -0.465. The third kappa shape index (κ3) is 8.24. The molecule has 3 fully saturated rings. The van der Waals surface area contributed by atoms with Gasteiger partial charge in [-0.1, -0.05) is 38.8 Å². The summed E-state index contributed by atoms with van der Waals surface area (Å²) in [5, 5.41) is 11.8. The number of carbonyl (C=O) groups is 1. The molecule has 2 aromatic heterocycles. The van der Waals surface area contributed by atoms with E-state index in [0.717, 1.165) is 74.0 Å². The van der Waals surface area contributed by atoms with Crippen LogP contribution in [0.4, 0.5) is 22.2 Å². The van der Waals surface area contributed by atoms with Crippen LogP contribution in [0.2, 0.25) is 0 Å². The van der Waals surface area contributed by atoms with Gasteiger partial charge in [-0.2, -0.15) is 9.97 Å². The average Bonchev–Trinajstić information content (AvgIpc) is 3.66. The molecule has 242 valence electrons. The van der Waals surface area contributed by atoms with Gasteiger partial charge in [0.05, 0.1) is 6.33 Å². The summed E-state index contributed by atoms with van der Waals surface area (Å²) in [6.07, 6.45) is 12.0. The summed E-state index contributed by atoms with van der Waals surface area (Å²) in [5.41, 5.74) is 9.81. The van der Waals surface area contributed by atoms with Crippen LogP contribution in [-0.4, -0.2) is 61.9 Å². The molecule has 1 aromatic carbocycles. The van der Waals surface area contributed by atoms with E-state index in [9.17, 15) is 4.79 Å². The highest BCUT2D eigenvalue weighted by Crippen LogP contribution is 2.34. The lowest BCUT2D eigenvalue weighted by Gasteiger charge is -2.31. The molecule has 0 atom stereocenters. The second-order valence-corrected chi connectivity index (χ2v) is 12.5. The highest BCUT2D eigenvalue weighted by Gasteiger charge is 2.27. The van der Waals surface area contributed by atoms with Crippen molar-refractivity contribution in [2.45, 2.75) is 108 Å². The Labute approximate surface area is 272 Å². The van der Waals surface area contributed by atoms with E-state index in [1.165, 1.54) is 18.4 Å². The molecule has 6 rings (SSSR count). The number of rotatable bonds is 8. The third-order valence-electron chi connectivity index (χ3n) is 9.08. The Morgan fingerprint density at radius 1 is 0.909 bits per heavy atom. The van der Waals surface area contributed by atoms with Crippen LogP contribution in [0, 0.1) is 0 Å². The topological polar surface area (TPSA) is 135 Å². The van der Waals surface area contributed by atoms with E-state index < -0.39 is 6.09 Å². The van der Waals surface area contributed by atoms with Gasteiger partial charge in [0.15, 0.2) is 17.0 Å². The van der Waals surface area contributed by atoms with E-state index in [1.54, 1.807) is 5.06 Å². The van der Waals surface area contributed by atoms with E-state index >= 15 is 0 Å². The maximum atomic E-state index is 12.5. The van der Waals surface area contributed by atoms with Gasteiger partial charge in [0.1, 0.15) is 0 Å². The number of nitrogens with one attached hydrogen (secondary N) is 3. The van der Waals surface area contributed by atoms with Gasteiger partial charge in [0.25, 0.3) is 0 Å². The Morgan fingerprint density at radius 2 is 1.57 bits per heavy atom. The Hall–Kier alpha value is -2.86. The summed E-state index contributed by atoms with van der Waals surface area (Å²) in [6.45, 7) is 5.57. The smallest absolute Gasteiger partial charge is 0.365 e. The van der Waals surface area contributed by atoms with Crippen molar-refractivity contribution in [1.29, 1.82) is 0 Å². The number of aromatic nitrogens is 4. The van der Waals surface area contributed by atoms with E-state index in [-0.39, 0.29) is 30.9 Å². The molecule has 1 amide bonds. The maximum Gasteiger partial charge on any atom is 0.430 e. The number of benzene rings is 1. The molecule has 0 bridgehead atoms. The van der Waals surface area contributed by atoms with Crippen molar-refractivity contribution in [2.75, 3.05) is 29.0 Å². The average molecular weight is 649 g/mol. The zero-order valence-electron chi connectivity index (χ0n) is 25.7. The van der Waals surface area contributed by atoms with E-state index in [0.29, 0.717) is 43.1 Å². The number of amides is 1. The van der Waals surface area contributed by atoms with Crippen LogP contribution in [-0.2, 0) is 4.84 Å². The number of hydroxylamine groups is 2. The number of fused-ring (bicyclic) bond motifs is 1. The van der Waals surface area contributed by atoms with Crippen LogP contribution in [0.5, 0.6) is 0 Å². The third-order valence-corrected chi connectivity index (χ3v) is 9.08. The lowest BCUT2D eigenvalue weighted by molar-refractivity contribution is -0.106. The summed E-state index contributed by atoms with van der Waals surface area (Å²) < 4.78 is 2.25. The SMILES string of the molecule is CC(C)c1ccc(NC(=O)ON2CCC(Nc3nc(NC4CCC(N)CC4)nc4c3ncn4C3CCCC3)CC2)cc1.Cl.Cl. The van der Waals surface area contributed by atoms with Gasteiger partial charge in [0, 0.05) is 42.9 Å². The van der Waals surface area contributed by atoms with Gasteiger partial charge in [-0.3, -0.25) is 5.32 Å². The number of nitrogens with zero attached hydrogens (tertiary/aromatic N) is 5. The second-order valence-electron chi connectivity index (χ2n) is 12.5. The molecule has 1 saturated heterocycles. The molecule has 3 aromatic rings. The zero-order valence-corrected chi connectivity index (χ0v) is 27.3. The number of halogens is 2. The van der Waals surface area contributed by atoms with Crippen LogP contribution in [0.25, 0.3) is 11.2 Å². The number of imidazole rings is 1. The summed E-state index contributed by atoms with van der Waals surface area (Å²) in [7, 11) is 0. The van der Waals surface area contributed by atoms with Crippen molar-refractivity contribution in [3.8, 4) is 0 Å². The maximum absolute atomic E-state index is 12.5. The van der Waals surface area contributed by atoms with Crippen molar-refractivity contribution in [2.24, 2.45) is 5.73 Å². The molecule has 44 heavy (non-hydrogen) atoms. The first-order chi connectivity index (χ1) is 20.4. The van der Waals surface area contributed by atoms with Gasteiger partial charge < -0.3 is 25.8 Å². The predicted molar refractivity (Wildman–Crippen MR) is 180 cm³/mol. The fourth-order valence-corrected chi connectivity index (χ4v) is 6.47. The van der Waals surface area contributed by atoms with Crippen molar-refractivity contribution < 1.29 is 9.63 Å². The lowest BCUT2D eigenvalue weighted by atomic mass is 9.92. The van der Waals surface area contributed by atoms with Gasteiger partial charge in [-0.15, -0.1) is 29.9 Å². The fourth-order valence-electron chi connectivity index (χ4n) is 6.47. The van der Waals surface area contributed by atoms with Crippen molar-refractivity contribution in [1.82, 2.24) is 24.6 Å². The van der Waals surface area contributed by atoms with Crippen LogP contribution in [0.1, 0.15) is 95.6 Å². The molecular weight excluding hydrogens is 601 g/mol. The Kier molecular flexibility index (Phi) is 11.9. The number of hydrogen-bond acceptors (Lipinski definition) is 9. The van der Waals surface area contributed by atoms with Crippen LogP contribution in [0.15, 0.2) is 30.6 Å². The number of nitrogens with two attached hydrogens (primary N) is 1. The molecular formula is C31H47Cl2N9O2. The van der Waals surface area contributed by atoms with E-state index in [2.05, 4.69) is 34.4 Å². The van der Waals surface area contributed by atoms with E-state index in [4.69, 9.17) is 25.5 Å². The minimum Gasteiger partial charge on any atom is -0.365 e. The molecule has 2 saturated carbocycles. The second kappa shape index (κ2) is 15.4. The van der Waals surface area contributed by atoms with Gasteiger partial charge in [-0.05, 0) is 75.0 Å². The number of anilines is 3. The Morgan fingerprint density at radius 3 is 2.23 bits per heavy atom. The monoisotopic (exact) mass is 647 g/mol. The van der Waals surface area contributed by atoms with Crippen molar-refractivity contribution in [3.63, 3.8) is 0 Å². The van der Waals surface area contributed by atoms with E-state index in [1.807, 2.05) is 30.6 Å². The molecule has 3 heterocycles. The normalized spacial score (nSPS) is 21.5. The summed E-state index contributed by atoms with van der Waals surface area (Å²) in [4.78, 5) is 32.8. The summed E-state index contributed by atoms with van der Waals surface area (Å²) in [6, 6.07) is 9.14. The van der Waals surface area contributed by atoms with Crippen LogP contribution < -0.4 is 21.7 Å². The largest absolute Gasteiger partial charge is 0.430 e. The molecule has 5 N–H and O–H groups in total. The number of carbonyl (C=O) groups excluding carboxylic acids is 1. The minimum absolute atomic E-state index is 0. The zero-order chi connectivity index (χ0) is 29.1. The van der Waals surface area contributed by atoms with Crippen LogP contribution >= 0.6 is 24.8 Å². The Balaban J connectivity index is 0.00000221. The summed E-state index contributed by atoms with van der Waals surface area (Å²) in [5.74, 6) is 1.87. The summed E-state index contributed by atoms with van der Waals surface area (Å²) >= 11 is 0. The highest BCUT2D eigenvalue weighted by molar-refractivity contribution is 5.86. The molecule has 3 aliphatic rings. The van der Waals surface area contributed by atoms with Crippen molar-refractivity contribution >= 4 is 59.5 Å². The highest BCUT2D eigenvalue weighted by atomic mass is 35.5.